The Bertz CT molecular complexity index is 753. The van der Waals surface area contributed by atoms with Gasteiger partial charge in [-0.25, -0.2) is 9.78 Å². The van der Waals surface area contributed by atoms with Crippen molar-refractivity contribution >= 4 is 29.5 Å². The van der Waals surface area contributed by atoms with E-state index in [2.05, 4.69) is 20.2 Å². The van der Waals surface area contributed by atoms with Gasteiger partial charge in [-0.2, -0.15) is 4.98 Å². The van der Waals surface area contributed by atoms with Gasteiger partial charge < -0.3 is 25.6 Å². The monoisotopic (exact) mass is 494 g/mol. The molecule has 1 saturated heterocycles. The van der Waals surface area contributed by atoms with Crippen molar-refractivity contribution in [1.29, 1.82) is 0 Å². The van der Waals surface area contributed by atoms with Crippen LogP contribution in [0.2, 0.25) is 5.15 Å². The van der Waals surface area contributed by atoms with Crippen molar-refractivity contribution in [2.45, 2.75) is 77.7 Å². The van der Waals surface area contributed by atoms with E-state index in [4.69, 9.17) is 22.1 Å². The van der Waals surface area contributed by atoms with Gasteiger partial charge >= 0.3 is 6.09 Å². The number of nitrogens with zero attached hydrogens (tertiary/aromatic N) is 4. The molecule has 0 unspecified atom stereocenters. The topological polar surface area (TPSA) is 96.6 Å². The second-order valence-electron chi connectivity index (χ2n) is 10.9. The average Bonchev–Trinajstić information content (AvgIpc) is 2.77. The second-order valence-corrected chi connectivity index (χ2v) is 11.3. The zero-order chi connectivity index (χ0) is 24.6. The highest BCUT2D eigenvalue weighted by atomic mass is 35.5. The van der Waals surface area contributed by atoms with Crippen molar-refractivity contribution < 1.29 is 9.53 Å². The highest BCUT2D eigenvalue weighted by Crippen LogP contribution is 2.30. The molecule has 192 valence electrons. The quantitative estimate of drug-likeness (QED) is 0.464. The van der Waals surface area contributed by atoms with Crippen LogP contribution in [-0.2, 0) is 4.74 Å². The first-order chi connectivity index (χ1) is 16.2. The van der Waals surface area contributed by atoms with Crippen molar-refractivity contribution in [1.82, 2.24) is 19.8 Å². The number of halogens is 1. The number of piperidine rings is 1. The van der Waals surface area contributed by atoms with Gasteiger partial charge in [-0.05, 0) is 97.2 Å². The molecule has 9 heteroatoms. The number of amides is 1. The molecule has 2 aliphatic rings. The van der Waals surface area contributed by atoms with Crippen LogP contribution in [0.1, 0.15) is 72.1 Å². The lowest BCUT2D eigenvalue weighted by atomic mass is 9.81. The second kappa shape index (κ2) is 12.8. The van der Waals surface area contributed by atoms with Gasteiger partial charge in [0.2, 0.25) is 5.95 Å². The number of likely N-dealkylation sites (tertiary alicyclic amines) is 1. The fraction of sp³-hybridized carbons (Fsp3) is 0.800. The van der Waals surface area contributed by atoms with Crippen molar-refractivity contribution in [2.24, 2.45) is 11.8 Å². The molecule has 0 atom stereocenters. The Kier molecular flexibility index (Phi) is 10.1. The first-order valence-electron chi connectivity index (χ1n) is 12.9. The number of carbonyl (C=O) groups is 1. The molecule has 0 radical (unpaired) electrons. The summed E-state index contributed by atoms with van der Waals surface area (Å²) in [6, 6.07) is 1.54. The Labute approximate surface area is 210 Å². The molecule has 1 amide bonds. The van der Waals surface area contributed by atoms with E-state index in [0.717, 1.165) is 58.3 Å². The molecule has 1 aromatic heterocycles. The molecule has 1 aliphatic carbocycles. The summed E-state index contributed by atoms with van der Waals surface area (Å²) in [7, 11) is 0. The van der Waals surface area contributed by atoms with Gasteiger partial charge in [-0.15, -0.1) is 0 Å². The molecule has 2 fully saturated rings. The third kappa shape index (κ3) is 9.45. The van der Waals surface area contributed by atoms with Gasteiger partial charge in [0.1, 0.15) is 16.6 Å². The maximum atomic E-state index is 12.9. The number of nitrogens with one attached hydrogen (secondary N) is 1. The fourth-order valence-electron chi connectivity index (χ4n) is 4.93. The van der Waals surface area contributed by atoms with E-state index < -0.39 is 5.60 Å². The number of hydrogen-bond donors (Lipinski definition) is 2. The number of ether oxygens (including phenoxy) is 1. The number of anilines is 2. The van der Waals surface area contributed by atoms with Crippen LogP contribution >= 0.6 is 11.6 Å². The summed E-state index contributed by atoms with van der Waals surface area (Å²) in [6.07, 6.45) is 9.21. The minimum Gasteiger partial charge on any atom is -0.444 e. The summed E-state index contributed by atoms with van der Waals surface area (Å²) in [5.74, 6) is 1.91. The van der Waals surface area contributed by atoms with E-state index in [-0.39, 0.29) is 6.09 Å². The smallest absolute Gasteiger partial charge is 0.410 e. The van der Waals surface area contributed by atoms with Crippen molar-refractivity contribution in [2.75, 3.05) is 50.3 Å². The SMILES string of the molecule is CC(C)(C)OC(=O)N(CCCN1CCCCC1)CC1CCC(CNc2nc(N)cc(Cl)n2)CC1. The van der Waals surface area contributed by atoms with Crippen LogP contribution in [0.25, 0.3) is 0 Å². The molecule has 0 bridgehead atoms. The van der Waals surface area contributed by atoms with Crippen LogP contribution in [0, 0.1) is 11.8 Å². The lowest BCUT2D eigenvalue weighted by molar-refractivity contribution is 0.0194. The summed E-state index contributed by atoms with van der Waals surface area (Å²) in [5.41, 5.74) is 5.28. The standard InChI is InChI=1S/C25H43ClN6O2/c1-25(2,3)34-24(33)32(15-7-14-31-12-5-4-6-13-31)18-20-10-8-19(9-11-20)17-28-23-29-21(26)16-22(27)30-23/h16,19-20H,4-15,17-18H2,1-3H3,(H3,27,28,29,30). The maximum Gasteiger partial charge on any atom is 0.410 e. The highest BCUT2D eigenvalue weighted by molar-refractivity contribution is 6.29. The Hall–Kier alpha value is -1.80. The minimum atomic E-state index is -0.475. The Morgan fingerprint density at radius 3 is 2.50 bits per heavy atom. The normalized spacial score (nSPS) is 21.8. The van der Waals surface area contributed by atoms with Gasteiger partial charge in [0.15, 0.2) is 0 Å². The number of carbonyl (C=O) groups excluding carboxylic acids is 1. The van der Waals surface area contributed by atoms with Gasteiger partial charge in [0.05, 0.1) is 0 Å². The summed E-state index contributed by atoms with van der Waals surface area (Å²) < 4.78 is 5.74. The fourth-order valence-corrected chi connectivity index (χ4v) is 5.12. The summed E-state index contributed by atoms with van der Waals surface area (Å²) in [6.45, 7) is 11.6. The molecular formula is C25H43ClN6O2. The number of aromatic nitrogens is 2. The molecular weight excluding hydrogens is 452 g/mol. The van der Waals surface area contributed by atoms with Crippen molar-refractivity contribution in [3.63, 3.8) is 0 Å². The molecule has 1 saturated carbocycles. The average molecular weight is 495 g/mol. The molecule has 0 spiro atoms. The minimum absolute atomic E-state index is 0.175. The number of nitrogens with two attached hydrogens (primary N) is 1. The molecule has 0 aromatic carbocycles. The summed E-state index contributed by atoms with van der Waals surface area (Å²) >= 11 is 5.97. The van der Waals surface area contributed by atoms with E-state index in [1.165, 1.54) is 32.4 Å². The largest absolute Gasteiger partial charge is 0.444 e. The first-order valence-corrected chi connectivity index (χ1v) is 13.3. The maximum absolute atomic E-state index is 12.9. The van der Waals surface area contributed by atoms with Crippen molar-refractivity contribution in [3.05, 3.63) is 11.2 Å². The Morgan fingerprint density at radius 2 is 1.85 bits per heavy atom. The van der Waals surface area contributed by atoms with Gasteiger partial charge in [-0.3, -0.25) is 0 Å². The van der Waals surface area contributed by atoms with Crippen LogP contribution < -0.4 is 11.1 Å². The Morgan fingerprint density at radius 1 is 1.18 bits per heavy atom. The van der Waals surface area contributed by atoms with Crippen LogP contribution in [0.15, 0.2) is 6.07 Å². The van der Waals surface area contributed by atoms with E-state index in [1.54, 1.807) is 6.07 Å². The third-order valence-electron chi connectivity index (χ3n) is 6.71. The van der Waals surface area contributed by atoms with E-state index >= 15 is 0 Å². The zero-order valence-corrected chi connectivity index (χ0v) is 21.9. The first kappa shape index (κ1) is 26.8. The van der Waals surface area contributed by atoms with Gasteiger partial charge in [0.25, 0.3) is 0 Å². The Balaban J connectivity index is 1.45. The lowest BCUT2D eigenvalue weighted by Crippen LogP contribution is -2.42. The lowest BCUT2D eigenvalue weighted by Gasteiger charge is -2.34. The van der Waals surface area contributed by atoms with Crippen LogP contribution in [-0.4, -0.2) is 70.7 Å². The summed E-state index contributed by atoms with van der Waals surface area (Å²) in [4.78, 5) is 25.8. The number of hydrogen-bond acceptors (Lipinski definition) is 7. The molecule has 3 N–H and O–H groups in total. The molecule has 1 aliphatic heterocycles. The van der Waals surface area contributed by atoms with Gasteiger partial charge in [0, 0.05) is 25.7 Å². The predicted octanol–water partition coefficient (Wildman–Crippen LogP) is 5.04. The predicted molar refractivity (Wildman–Crippen MR) is 138 cm³/mol. The number of rotatable bonds is 9. The third-order valence-corrected chi connectivity index (χ3v) is 6.90. The summed E-state index contributed by atoms with van der Waals surface area (Å²) in [5, 5.41) is 3.63. The molecule has 3 rings (SSSR count). The van der Waals surface area contributed by atoms with Gasteiger partial charge in [-0.1, -0.05) is 18.0 Å². The highest BCUT2D eigenvalue weighted by Gasteiger charge is 2.28. The molecule has 2 heterocycles. The zero-order valence-electron chi connectivity index (χ0n) is 21.2. The van der Waals surface area contributed by atoms with Crippen LogP contribution in [0.5, 0.6) is 0 Å². The van der Waals surface area contributed by atoms with Crippen LogP contribution in [0.4, 0.5) is 16.6 Å². The molecule has 34 heavy (non-hydrogen) atoms. The van der Waals surface area contributed by atoms with Crippen molar-refractivity contribution in [3.8, 4) is 0 Å². The van der Waals surface area contributed by atoms with E-state index in [9.17, 15) is 4.79 Å². The molecule has 8 nitrogen and oxygen atoms in total. The van der Waals surface area contributed by atoms with E-state index in [1.807, 2.05) is 25.7 Å². The van der Waals surface area contributed by atoms with E-state index in [0.29, 0.717) is 28.8 Å². The molecule has 1 aromatic rings. The number of nitrogen functional groups attached to an aromatic ring is 1. The van der Waals surface area contributed by atoms with Crippen LogP contribution in [0.3, 0.4) is 0 Å².